The highest BCUT2D eigenvalue weighted by Crippen LogP contribution is 2.35. The summed E-state index contributed by atoms with van der Waals surface area (Å²) in [7, 11) is -1.70. The molecule has 3 nitrogen and oxygen atoms in total. The van der Waals surface area contributed by atoms with Gasteiger partial charge in [-0.15, -0.1) is 0 Å². The molecule has 2 aliphatic carbocycles. The van der Waals surface area contributed by atoms with Crippen molar-refractivity contribution in [2.45, 2.75) is 83.2 Å². The fourth-order valence-corrected chi connectivity index (χ4v) is 8.52. The molecule has 0 bridgehead atoms. The van der Waals surface area contributed by atoms with Crippen molar-refractivity contribution >= 4 is 8.56 Å². The van der Waals surface area contributed by atoms with Gasteiger partial charge in [-0.2, -0.15) is 0 Å². The molecular weight excluding hydrogens is 250 g/mol. The standard InChI is InChI=1S/C15H33N3Si/c1-3-16-19(17-4-2,15-12-8-9-13-15)18-14-10-6-5-7-11-14/h14-18H,3-13H2,1-2H3. The molecule has 4 heteroatoms. The Balaban J connectivity index is 2.05. The molecule has 0 heterocycles. The lowest BCUT2D eigenvalue weighted by atomic mass is 9.96. The lowest BCUT2D eigenvalue weighted by molar-refractivity contribution is 0.404. The summed E-state index contributed by atoms with van der Waals surface area (Å²) in [6.45, 7) is 6.71. The molecule has 2 saturated carbocycles. The summed E-state index contributed by atoms with van der Waals surface area (Å²) in [4.78, 5) is 11.9. The van der Waals surface area contributed by atoms with Crippen LogP contribution in [0.4, 0.5) is 0 Å². The molecule has 0 saturated heterocycles. The molecule has 0 aromatic carbocycles. The van der Waals surface area contributed by atoms with Gasteiger partial charge < -0.3 is 14.9 Å². The van der Waals surface area contributed by atoms with E-state index in [1.807, 2.05) is 0 Å². The van der Waals surface area contributed by atoms with Gasteiger partial charge in [0.05, 0.1) is 0 Å². The van der Waals surface area contributed by atoms with E-state index in [4.69, 9.17) is 0 Å². The highest BCUT2D eigenvalue weighted by molar-refractivity contribution is 6.74. The molecule has 0 radical (unpaired) electrons. The van der Waals surface area contributed by atoms with Gasteiger partial charge in [0.25, 0.3) is 8.56 Å². The van der Waals surface area contributed by atoms with Gasteiger partial charge >= 0.3 is 0 Å². The summed E-state index contributed by atoms with van der Waals surface area (Å²) in [6.07, 6.45) is 12.8. The molecule has 0 aromatic heterocycles. The van der Waals surface area contributed by atoms with Gasteiger partial charge in [0, 0.05) is 6.04 Å². The van der Waals surface area contributed by atoms with Gasteiger partial charge in [0.2, 0.25) is 0 Å². The van der Waals surface area contributed by atoms with Crippen molar-refractivity contribution in [3.63, 3.8) is 0 Å². The van der Waals surface area contributed by atoms with Gasteiger partial charge in [-0.3, -0.25) is 0 Å². The fourth-order valence-electron chi connectivity index (χ4n) is 4.06. The Morgan fingerprint density at radius 2 is 1.32 bits per heavy atom. The first-order valence-corrected chi connectivity index (χ1v) is 10.7. The highest BCUT2D eigenvalue weighted by atomic mass is 28.4. The van der Waals surface area contributed by atoms with Crippen molar-refractivity contribution in [1.82, 2.24) is 14.9 Å². The van der Waals surface area contributed by atoms with E-state index >= 15 is 0 Å². The maximum atomic E-state index is 4.13. The summed E-state index contributed by atoms with van der Waals surface area (Å²) < 4.78 is 0. The molecular formula is C15H33N3Si. The lowest BCUT2D eigenvalue weighted by Gasteiger charge is -2.42. The summed E-state index contributed by atoms with van der Waals surface area (Å²) in [5.74, 6) is 0. The third-order valence-corrected chi connectivity index (χ3v) is 9.40. The molecule has 2 fully saturated rings. The molecule has 2 rings (SSSR count). The summed E-state index contributed by atoms with van der Waals surface area (Å²) >= 11 is 0. The minimum absolute atomic E-state index is 0.763. The SMILES string of the molecule is CCN[Si](NCC)(NC1CCCCC1)C1CCCC1. The largest absolute Gasteiger partial charge is 0.313 e. The zero-order valence-electron chi connectivity index (χ0n) is 12.9. The zero-order chi connectivity index (χ0) is 13.6. The van der Waals surface area contributed by atoms with Crippen molar-refractivity contribution in [2.75, 3.05) is 13.1 Å². The van der Waals surface area contributed by atoms with Crippen LogP contribution in [0.2, 0.25) is 5.54 Å². The zero-order valence-corrected chi connectivity index (χ0v) is 13.9. The van der Waals surface area contributed by atoms with E-state index in [1.165, 1.54) is 57.8 Å². The van der Waals surface area contributed by atoms with Crippen LogP contribution in [0.15, 0.2) is 0 Å². The van der Waals surface area contributed by atoms with Gasteiger partial charge in [-0.1, -0.05) is 46.0 Å². The first-order chi connectivity index (χ1) is 9.30. The molecule has 0 aromatic rings. The Morgan fingerprint density at radius 1 is 0.789 bits per heavy atom. The number of nitrogens with one attached hydrogen (secondary N) is 3. The average molecular weight is 284 g/mol. The third kappa shape index (κ3) is 4.03. The molecule has 2 aliphatic rings. The summed E-state index contributed by atoms with van der Waals surface area (Å²) in [6, 6.07) is 0.763. The quantitative estimate of drug-likeness (QED) is 0.629. The normalized spacial score (nSPS) is 23.1. The monoisotopic (exact) mass is 283 g/mol. The molecule has 0 spiro atoms. The Bertz CT molecular complexity index is 242. The summed E-state index contributed by atoms with van der Waals surface area (Å²) in [5, 5.41) is 0. The molecule has 19 heavy (non-hydrogen) atoms. The van der Waals surface area contributed by atoms with E-state index in [1.54, 1.807) is 0 Å². The molecule has 3 N–H and O–H groups in total. The van der Waals surface area contributed by atoms with Crippen LogP contribution in [0, 0.1) is 0 Å². The Hall–Kier alpha value is 0.0969. The second kappa shape index (κ2) is 7.77. The van der Waals surface area contributed by atoms with E-state index in [9.17, 15) is 0 Å². The van der Waals surface area contributed by atoms with Gasteiger partial charge in [-0.05, 0) is 44.3 Å². The average Bonchev–Trinajstić information content (AvgIpc) is 2.95. The van der Waals surface area contributed by atoms with Crippen molar-refractivity contribution in [2.24, 2.45) is 0 Å². The van der Waals surface area contributed by atoms with Crippen LogP contribution in [0.1, 0.15) is 71.6 Å². The predicted molar refractivity (Wildman–Crippen MR) is 85.3 cm³/mol. The van der Waals surface area contributed by atoms with Gasteiger partial charge in [0.15, 0.2) is 0 Å². The molecule has 112 valence electrons. The predicted octanol–water partition coefficient (Wildman–Crippen LogP) is 3.01. The van der Waals surface area contributed by atoms with Crippen LogP contribution in [0.3, 0.4) is 0 Å². The van der Waals surface area contributed by atoms with Gasteiger partial charge in [0.1, 0.15) is 0 Å². The number of hydrogen-bond acceptors (Lipinski definition) is 3. The van der Waals surface area contributed by atoms with E-state index in [-0.39, 0.29) is 0 Å². The van der Waals surface area contributed by atoms with Crippen molar-refractivity contribution in [3.05, 3.63) is 0 Å². The highest BCUT2D eigenvalue weighted by Gasteiger charge is 2.44. The van der Waals surface area contributed by atoms with Crippen molar-refractivity contribution < 1.29 is 0 Å². The van der Waals surface area contributed by atoms with Crippen LogP contribution >= 0.6 is 0 Å². The molecule has 0 unspecified atom stereocenters. The minimum atomic E-state index is -1.70. The maximum Gasteiger partial charge on any atom is 0.284 e. The fraction of sp³-hybridized carbons (Fsp3) is 1.00. The Labute approximate surface area is 120 Å². The maximum absolute atomic E-state index is 4.13. The summed E-state index contributed by atoms with van der Waals surface area (Å²) in [5.41, 5.74) is 0.884. The lowest BCUT2D eigenvalue weighted by Crippen LogP contribution is -2.76. The second-order valence-electron chi connectivity index (χ2n) is 6.33. The Kier molecular flexibility index (Phi) is 6.33. The molecule has 0 aliphatic heterocycles. The smallest absolute Gasteiger partial charge is 0.284 e. The van der Waals surface area contributed by atoms with Crippen LogP contribution in [0.5, 0.6) is 0 Å². The van der Waals surface area contributed by atoms with E-state index in [2.05, 4.69) is 28.8 Å². The van der Waals surface area contributed by atoms with E-state index in [0.717, 1.165) is 24.7 Å². The number of hydrogen-bond donors (Lipinski definition) is 3. The van der Waals surface area contributed by atoms with Crippen molar-refractivity contribution in [1.29, 1.82) is 0 Å². The molecule has 0 atom stereocenters. The first-order valence-electron chi connectivity index (χ1n) is 8.58. The van der Waals surface area contributed by atoms with E-state index < -0.39 is 8.56 Å². The van der Waals surface area contributed by atoms with Crippen LogP contribution in [-0.2, 0) is 0 Å². The van der Waals surface area contributed by atoms with E-state index in [0.29, 0.717) is 0 Å². The minimum Gasteiger partial charge on any atom is -0.313 e. The first kappa shape index (κ1) is 15.5. The second-order valence-corrected chi connectivity index (χ2v) is 9.76. The molecule has 0 amide bonds. The van der Waals surface area contributed by atoms with Crippen LogP contribution < -0.4 is 14.9 Å². The number of rotatable bonds is 7. The Morgan fingerprint density at radius 3 is 1.84 bits per heavy atom. The third-order valence-electron chi connectivity index (χ3n) is 4.92. The van der Waals surface area contributed by atoms with Crippen LogP contribution in [-0.4, -0.2) is 27.7 Å². The van der Waals surface area contributed by atoms with Gasteiger partial charge in [-0.25, -0.2) is 0 Å². The topological polar surface area (TPSA) is 36.1 Å². The van der Waals surface area contributed by atoms with Crippen molar-refractivity contribution in [3.8, 4) is 0 Å². The van der Waals surface area contributed by atoms with Crippen LogP contribution in [0.25, 0.3) is 0 Å².